The van der Waals surface area contributed by atoms with Crippen molar-refractivity contribution in [3.63, 3.8) is 0 Å². The summed E-state index contributed by atoms with van der Waals surface area (Å²) in [6.45, 7) is 5.73. The fraction of sp³-hybridized carbons (Fsp3) is 0.182. The maximum Gasteiger partial charge on any atom is 0.512 e. The highest BCUT2D eigenvalue weighted by Gasteiger charge is 2.27. The molecule has 0 aliphatic rings. The molecule has 28 heavy (non-hydrogen) atoms. The van der Waals surface area contributed by atoms with Gasteiger partial charge in [0.15, 0.2) is 0 Å². The molecule has 2 aromatic carbocycles. The third-order valence-corrected chi connectivity index (χ3v) is 5.26. The highest BCUT2D eigenvalue weighted by Crippen LogP contribution is 2.44. The summed E-state index contributed by atoms with van der Waals surface area (Å²) in [6, 6.07) is 18.5. The van der Waals surface area contributed by atoms with Crippen molar-refractivity contribution >= 4 is 29.1 Å². The molecular formula is C22H21NO4S. The van der Waals surface area contributed by atoms with Crippen LogP contribution in [0.1, 0.15) is 29.8 Å². The molecule has 3 aromatic rings. The fourth-order valence-electron chi connectivity index (χ4n) is 2.89. The van der Waals surface area contributed by atoms with Crippen LogP contribution in [0.15, 0.2) is 60.7 Å². The molecule has 0 atom stereocenters. The van der Waals surface area contributed by atoms with E-state index >= 15 is 0 Å². The van der Waals surface area contributed by atoms with E-state index in [4.69, 9.17) is 9.84 Å². The van der Waals surface area contributed by atoms with E-state index in [1.807, 2.05) is 69.3 Å². The number of ether oxygens (including phenoxy) is 1. The summed E-state index contributed by atoms with van der Waals surface area (Å²) in [5.41, 5.74) is 2.98. The number of carbonyl (C=O) groups excluding carboxylic acids is 1. The monoisotopic (exact) mass is 395 g/mol. The molecule has 1 amide bonds. The number of hydrogen-bond acceptors (Lipinski definition) is 4. The molecule has 0 radical (unpaired) electrons. The molecule has 1 heterocycles. The number of rotatable bonds is 5. The van der Waals surface area contributed by atoms with Crippen LogP contribution >= 0.6 is 11.3 Å². The van der Waals surface area contributed by atoms with Crippen molar-refractivity contribution in [1.29, 1.82) is 0 Å². The molecule has 1 N–H and O–H groups in total. The number of amides is 1. The Hall–Kier alpha value is -3.12. The Bertz CT molecular complexity index is 978. The Morgan fingerprint density at radius 1 is 1.04 bits per heavy atom. The molecule has 0 saturated heterocycles. The lowest BCUT2D eigenvalue weighted by Gasteiger charge is -2.26. The highest BCUT2D eigenvalue weighted by atomic mass is 32.1. The summed E-state index contributed by atoms with van der Waals surface area (Å²) >= 11 is 1.20. The summed E-state index contributed by atoms with van der Waals surface area (Å²) in [7, 11) is 0. The van der Waals surface area contributed by atoms with E-state index in [1.165, 1.54) is 11.3 Å². The third-order valence-electron chi connectivity index (χ3n) is 4.21. The van der Waals surface area contributed by atoms with E-state index in [2.05, 4.69) is 0 Å². The molecule has 0 fully saturated rings. The first-order valence-corrected chi connectivity index (χ1v) is 9.68. The number of nitrogens with zero attached hydrogens (tertiary/aromatic N) is 1. The first kappa shape index (κ1) is 19.6. The van der Waals surface area contributed by atoms with Gasteiger partial charge in [-0.3, -0.25) is 4.79 Å². The number of carboxylic acid groups (broad SMARTS) is 1. The highest BCUT2D eigenvalue weighted by molar-refractivity contribution is 7.18. The van der Waals surface area contributed by atoms with Crippen LogP contribution < -0.4 is 9.64 Å². The predicted molar refractivity (Wildman–Crippen MR) is 112 cm³/mol. The zero-order valence-electron chi connectivity index (χ0n) is 15.9. The van der Waals surface area contributed by atoms with Crippen molar-refractivity contribution in [2.45, 2.75) is 26.8 Å². The van der Waals surface area contributed by atoms with Gasteiger partial charge in [-0.25, -0.2) is 4.79 Å². The quantitative estimate of drug-likeness (QED) is 0.552. The van der Waals surface area contributed by atoms with Crippen molar-refractivity contribution in [3.8, 4) is 15.5 Å². The lowest BCUT2D eigenvalue weighted by molar-refractivity contribution is 0.0978. The molecular weight excluding hydrogens is 374 g/mol. The van der Waals surface area contributed by atoms with E-state index in [9.17, 15) is 9.59 Å². The minimum atomic E-state index is -1.41. The van der Waals surface area contributed by atoms with Gasteiger partial charge in [-0.05, 0) is 44.5 Å². The molecule has 3 rings (SSSR count). The summed E-state index contributed by atoms with van der Waals surface area (Å²) in [4.78, 5) is 26.8. The van der Waals surface area contributed by atoms with E-state index in [0.29, 0.717) is 11.3 Å². The molecule has 0 saturated carbocycles. The van der Waals surface area contributed by atoms with Crippen LogP contribution in [0, 0.1) is 6.92 Å². The first-order valence-electron chi connectivity index (χ1n) is 8.87. The largest absolute Gasteiger partial charge is 0.512 e. The molecule has 0 spiro atoms. The van der Waals surface area contributed by atoms with Crippen LogP contribution in [-0.2, 0) is 0 Å². The summed E-state index contributed by atoms with van der Waals surface area (Å²) in [6.07, 6.45) is -1.41. The van der Waals surface area contributed by atoms with Gasteiger partial charge >= 0.3 is 6.16 Å². The van der Waals surface area contributed by atoms with Crippen LogP contribution in [0.25, 0.3) is 10.4 Å². The molecule has 0 bridgehead atoms. The third kappa shape index (κ3) is 4.23. The molecule has 0 aliphatic carbocycles. The molecule has 1 aromatic heterocycles. The van der Waals surface area contributed by atoms with Crippen molar-refractivity contribution in [2.75, 3.05) is 4.90 Å². The van der Waals surface area contributed by atoms with E-state index in [-0.39, 0.29) is 17.0 Å². The Balaban J connectivity index is 2.08. The fourth-order valence-corrected chi connectivity index (χ4v) is 3.89. The normalized spacial score (nSPS) is 10.7. The molecule has 5 nitrogen and oxygen atoms in total. The van der Waals surface area contributed by atoms with Gasteiger partial charge in [-0.15, -0.1) is 0 Å². The Labute approximate surface area is 167 Å². The number of benzene rings is 2. The molecule has 0 aliphatic heterocycles. The van der Waals surface area contributed by atoms with Gasteiger partial charge in [-0.2, -0.15) is 0 Å². The van der Waals surface area contributed by atoms with E-state index in [1.54, 1.807) is 17.0 Å². The average molecular weight is 395 g/mol. The van der Waals surface area contributed by atoms with Gasteiger partial charge in [0, 0.05) is 16.5 Å². The molecule has 6 heteroatoms. The van der Waals surface area contributed by atoms with Crippen LogP contribution in [0.3, 0.4) is 0 Å². The van der Waals surface area contributed by atoms with Crippen LogP contribution in [-0.4, -0.2) is 23.2 Å². The molecule has 144 valence electrons. The number of hydrogen-bond donors (Lipinski definition) is 1. The zero-order chi connectivity index (χ0) is 20.3. The number of thiophene rings is 1. The lowest BCUT2D eigenvalue weighted by Crippen LogP contribution is -2.37. The van der Waals surface area contributed by atoms with Crippen LogP contribution in [0.2, 0.25) is 0 Å². The summed E-state index contributed by atoms with van der Waals surface area (Å²) in [5.74, 6) is -0.206. The summed E-state index contributed by atoms with van der Waals surface area (Å²) in [5, 5.41) is 9.34. The lowest BCUT2D eigenvalue weighted by atomic mass is 10.1. The van der Waals surface area contributed by atoms with Gasteiger partial charge < -0.3 is 14.7 Å². The smallest absolute Gasteiger partial charge is 0.449 e. The summed E-state index contributed by atoms with van der Waals surface area (Å²) < 4.78 is 5.03. The van der Waals surface area contributed by atoms with Crippen molar-refractivity contribution in [2.24, 2.45) is 0 Å². The second kappa shape index (κ2) is 8.27. The standard InChI is InChI=1S/C22H21NO4S/c1-14(2)23(20(24)17-11-9-15(3)10-12-17)18-13-19(16-7-5-4-6-8-16)28-21(18)27-22(25)26/h4-14H,1-3H3,(H,25,26). The van der Waals surface area contributed by atoms with Gasteiger partial charge in [0.2, 0.25) is 5.06 Å². The van der Waals surface area contributed by atoms with Crippen molar-refractivity contribution in [3.05, 3.63) is 71.8 Å². The second-order valence-corrected chi connectivity index (χ2v) is 7.67. The average Bonchev–Trinajstić information content (AvgIpc) is 3.05. The number of anilines is 1. The van der Waals surface area contributed by atoms with Gasteiger partial charge in [-0.1, -0.05) is 59.4 Å². The topological polar surface area (TPSA) is 66.8 Å². The van der Waals surface area contributed by atoms with Crippen LogP contribution in [0.4, 0.5) is 10.5 Å². The number of aryl methyl sites for hydroxylation is 1. The maximum absolute atomic E-state index is 13.2. The van der Waals surface area contributed by atoms with Gasteiger partial charge in [0.25, 0.3) is 5.91 Å². The minimum absolute atomic E-state index is 0.181. The predicted octanol–water partition coefficient (Wildman–Crippen LogP) is 5.84. The van der Waals surface area contributed by atoms with Crippen molar-refractivity contribution < 1.29 is 19.4 Å². The van der Waals surface area contributed by atoms with Gasteiger partial charge in [0.05, 0.1) is 5.69 Å². The van der Waals surface area contributed by atoms with E-state index < -0.39 is 6.16 Å². The van der Waals surface area contributed by atoms with E-state index in [0.717, 1.165) is 16.0 Å². The van der Waals surface area contributed by atoms with Crippen LogP contribution in [0.5, 0.6) is 5.06 Å². The minimum Gasteiger partial charge on any atom is -0.449 e. The maximum atomic E-state index is 13.2. The number of carbonyl (C=O) groups is 2. The first-order chi connectivity index (χ1) is 13.4. The Kier molecular flexibility index (Phi) is 5.80. The van der Waals surface area contributed by atoms with Crippen molar-refractivity contribution in [1.82, 2.24) is 0 Å². The second-order valence-electron chi connectivity index (χ2n) is 6.65. The Morgan fingerprint density at radius 2 is 1.68 bits per heavy atom. The van der Waals surface area contributed by atoms with Gasteiger partial charge in [0.1, 0.15) is 0 Å². The zero-order valence-corrected chi connectivity index (χ0v) is 16.7. The SMILES string of the molecule is Cc1ccc(C(=O)N(c2cc(-c3ccccc3)sc2OC(=O)O)C(C)C)cc1. The Morgan fingerprint density at radius 3 is 2.25 bits per heavy atom. The molecule has 0 unspecified atom stereocenters.